The summed E-state index contributed by atoms with van der Waals surface area (Å²) < 4.78 is 23.7. The smallest absolute Gasteiger partial charge is 0.391 e. The van der Waals surface area contributed by atoms with Crippen molar-refractivity contribution < 1.29 is 32.9 Å². The van der Waals surface area contributed by atoms with Gasteiger partial charge < -0.3 is 19.8 Å². The molecule has 0 aromatic carbocycles. The highest BCUT2D eigenvalue weighted by Crippen LogP contribution is 2.43. The average Bonchev–Trinajstić information content (AvgIpc) is 3.30. The monoisotopic (exact) mass is 976 g/mol. The fourth-order valence-electron chi connectivity index (χ4n) is 8.31. The van der Waals surface area contributed by atoms with E-state index < -0.39 is 20.0 Å². The van der Waals surface area contributed by atoms with Crippen LogP contribution in [-0.4, -0.2) is 73.4 Å². The Hall–Kier alpha value is -1.80. The maximum atomic E-state index is 13.0. The highest BCUT2D eigenvalue weighted by atomic mass is 31.2. The number of aliphatic hydroxyl groups excluding tert-OH is 1. The van der Waals surface area contributed by atoms with Gasteiger partial charge in [-0.15, -0.1) is 0 Å². The maximum Gasteiger partial charge on any atom is 0.472 e. The number of amides is 1. The largest absolute Gasteiger partial charge is 0.472 e. The third kappa shape index (κ3) is 52.0. The first-order valence-electron chi connectivity index (χ1n) is 28.7. The van der Waals surface area contributed by atoms with Crippen molar-refractivity contribution in [2.75, 3.05) is 40.9 Å². The standard InChI is InChI=1S/C59H111N2O6P/c1-6-8-10-12-14-16-18-20-21-22-23-24-25-26-27-28-29-30-31-32-33-34-35-36-37-38-39-41-43-45-47-49-51-53-59(63)60-57(56-67-68(64,65)66-55-54-61(3,4)5)58(62)52-50-48-46-44-42-40-19-17-15-13-11-9-7-2/h8,10,14,16,20-21,23-24,26-27,57-58,62H,6-7,9,11-13,15,17-19,22,25,28-56H2,1-5H3,(H-,60,63,64,65)/p+1/b10-8-,16-14-,21-20-,24-23-,27-26-. The molecule has 398 valence electrons. The molecule has 0 aliphatic carbocycles. The van der Waals surface area contributed by atoms with Crippen LogP contribution in [0.3, 0.4) is 0 Å². The second kappa shape index (κ2) is 50.2. The molecule has 0 radical (unpaired) electrons. The van der Waals surface area contributed by atoms with Crippen molar-refractivity contribution in [2.24, 2.45) is 0 Å². The van der Waals surface area contributed by atoms with Crippen molar-refractivity contribution in [3.05, 3.63) is 60.8 Å². The summed E-state index contributed by atoms with van der Waals surface area (Å²) in [5.41, 5.74) is 0. The number of hydrogen-bond acceptors (Lipinski definition) is 5. The first-order valence-corrected chi connectivity index (χ1v) is 30.1. The number of unbranched alkanes of at least 4 members (excludes halogenated alkanes) is 29. The van der Waals surface area contributed by atoms with Gasteiger partial charge in [-0.3, -0.25) is 13.8 Å². The fraction of sp³-hybridized carbons (Fsp3) is 0.814. The molecule has 3 atom stereocenters. The molecule has 0 saturated heterocycles. The van der Waals surface area contributed by atoms with E-state index in [0.717, 1.165) is 70.6 Å². The average molecular weight is 977 g/mol. The molecule has 3 N–H and O–H groups in total. The normalized spacial score (nSPS) is 14.4. The van der Waals surface area contributed by atoms with Crippen LogP contribution in [0.5, 0.6) is 0 Å². The summed E-state index contributed by atoms with van der Waals surface area (Å²) in [7, 11) is 1.62. The summed E-state index contributed by atoms with van der Waals surface area (Å²) in [5, 5.41) is 14.0. The van der Waals surface area contributed by atoms with Crippen molar-refractivity contribution in [1.29, 1.82) is 0 Å². The molecule has 0 saturated carbocycles. The number of nitrogens with zero attached hydrogens (tertiary/aromatic N) is 1. The summed E-state index contributed by atoms with van der Waals surface area (Å²) >= 11 is 0. The molecule has 9 heteroatoms. The van der Waals surface area contributed by atoms with Crippen molar-refractivity contribution in [2.45, 2.75) is 270 Å². The highest BCUT2D eigenvalue weighted by Gasteiger charge is 2.28. The van der Waals surface area contributed by atoms with Gasteiger partial charge in [-0.05, 0) is 57.8 Å². The summed E-state index contributed by atoms with van der Waals surface area (Å²) in [6.07, 6.45) is 67.1. The first kappa shape index (κ1) is 66.2. The van der Waals surface area contributed by atoms with Crippen molar-refractivity contribution in [3.8, 4) is 0 Å². The Morgan fingerprint density at radius 2 is 0.882 bits per heavy atom. The number of allylic oxidation sites excluding steroid dienone is 10. The van der Waals surface area contributed by atoms with Crippen molar-refractivity contribution in [3.63, 3.8) is 0 Å². The van der Waals surface area contributed by atoms with E-state index in [2.05, 4.69) is 79.9 Å². The van der Waals surface area contributed by atoms with Gasteiger partial charge in [-0.25, -0.2) is 4.57 Å². The predicted molar refractivity (Wildman–Crippen MR) is 295 cm³/mol. The molecule has 0 spiro atoms. The molecule has 8 nitrogen and oxygen atoms in total. The predicted octanol–water partition coefficient (Wildman–Crippen LogP) is 17.3. The number of quaternary nitrogens is 1. The zero-order valence-electron chi connectivity index (χ0n) is 45.3. The summed E-state index contributed by atoms with van der Waals surface area (Å²) in [6, 6.07) is -0.760. The van der Waals surface area contributed by atoms with Gasteiger partial charge in [0.2, 0.25) is 5.91 Å². The molecule has 0 heterocycles. The Kier molecular flexibility index (Phi) is 48.8. The molecule has 0 aromatic heterocycles. The number of nitrogens with one attached hydrogen (secondary N) is 1. The summed E-state index contributed by atoms with van der Waals surface area (Å²) in [4.78, 5) is 23.3. The zero-order valence-corrected chi connectivity index (χ0v) is 46.2. The van der Waals surface area contributed by atoms with E-state index in [1.807, 2.05) is 21.1 Å². The Morgan fingerprint density at radius 3 is 1.29 bits per heavy atom. The molecule has 3 unspecified atom stereocenters. The maximum absolute atomic E-state index is 13.0. The second-order valence-corrected chi connectivity index (χ2v) is 22.1. The number of carbonyl (C=O) groups excluding carboxylic acids is 1. The fourth-order valence-corrected chi connectivity index (χ4v) is 9.05. The van der Waals surface area contributed by atoms with E-state index in [-0.39, 0.29) is 19.1 Å². The first-order chi connectivity index (χ1) is 33.0. The minimum Gasteiger partial charge on any atom is -0.391 e. The van der Waals surface area contributed by atoms with Gasteiger partial charge in [-0.2, -0.15) is 0 Å². The number of phosphoric ester groups is 1. The number of hydrogen-bond donors (Lipinski definition) is 3. The minimum atomic E-state index is -4.32. The molecule has 0 aromatic rings. The van der Waals surface area contributed by atoms with Crippen LogP contribution in [0.1, 0.15) is 258 Å². The zero-order chi connectivity index (χ0) is 49.9. The van der Waals surface area contributed by atoms with Gasteiger partial charge in [0.05, 0.1) is 39.9 Å². The van der Waals surface area contributed by atoms with E-state index in [1.165, 1.54) is 161 Å². The van der Waals surface area contributed by atoms with Gasteiger partial charge in [0.15, 0.2) is 0 Å². The highest BCUT2D eigenvalue weighted by molar-refractivity contribution is 7.47. The van der Waals surface area contributed by atoms with E-state index in [0.29, 0.717) is 23.9 Å². The van der Waals surface area contributed by atoms with Crippen LogP contribution in [0.2, 0.25) is 0 Å². The topological polar surface area (TPSA) is 105 Å². The van der Waals surface area contributed by atoms with Crippen LogP contribution in [0.25, 0.3) is 0 Å². The lowest BCUT2D eigenvalue weighted by molar-refractivity contribution is -0.870. The quantitative estimate of drug-likeness (QED) is 0.0243. The molecule has 0 aliphatic heterocycles. The number of phosphoric acid groups is 1. The Labute approximate surface area is 422 Å². The van der Waals surface area contributed by atoms with Gasteiger partial charge >= 0.3 is 7.82 Å². The molecular formula is C59H112N2O6P+. The Bertz CT molecular complexity index is 1290. The molecule has 0 aliphatic rings. The molecule has 0 fully saturated rings. The summed E-state index contributed by atoms with van der Waals surface area (Å²) in [5.74, 6) is -0.144. The molecule has 0 rings (SSSR count). The lowest BCUT2D eigenvalue weighted by Crippen LogP contribution is -2.46. The third-order valence-corrected chi connectivity index (χ3v) is 13.8. The number of carbonyl (C=O) groups is 1. The Balaban J connectivity index is 4.01. The molecule has 1 amide bonds. The Morgan fingerprint density at radius 1 is 0.515 bits per heavy atom. The van der Waals surface area contributed by atoms with Crippen LogP contribution in [-0.2, 0) is 18.4 Å². The van der Waals surface area contributed by atoms with E-state index in [1.54, 1.807) is 0 Å². The van der Waals surface area contributed by atoms with Crippen LogP contribution >= 0.6 is 7.82 Å². The van der Waals surface area contributed by atoms with Crippen molar-refractivity contribution in [1.82, 2.24) is 5.32 Å². The number of rotatable bonds is 52. The van der Waals surface area contributed by atoms with E-state index in [4.69, 9.17) is 9.05 Å². The molecular weight excluding hydrogens is 864 g/mol. The lowest BCUT2D eigenvalue weighted by atomic mass is 10.0. The van der Waals surface area contributed by atoms with Gasteiger partial charge in [0, 0.05) is 6.42 Å². The number of likely N-dealkylation sites (N-methyl/N-ethyl adjacent to an activating group) is 1. The SMILES string of the molecule is CC/C=C\C/C=C\C/C=C\C/C=C\C/C=C\CCCCCCCCCCCCCCCCCCCC(=O)NC(COP(=O)(O)OCC[N+](C)(C)C)C(O)CCCCCCCCCCCCCCC. The van der Waals surface area contributed by atoms with Crippen LogP contribution in [0.4, 0.5) is 0 Å². The lowest BCUT2D eigenvalue weighted by Gasteiger charge is -2.26. The van der Waals surface area contributed by atoms with E-state index in [9.17, 15) is 19.4 Å². The van der Waals surface area contributed by atoms with Crippen LogP contribution in [0, 0.1) is 0 Å². The van der Waals surface area contributed by atoms with Crippen LogP contribution < -0.4 is 5.32 Å². The number of aliphatic hydroxyl groups is 1. The van der Waals surface area contributed by atoms with Gasteiger partial charge in [-0.1, -0.05) is 254 Å². The summed E-state index contributed by atoms with van der Waals surface area (Å²) in [6.45, 7) is 4.78. The van der Waals surface area contributed by atoms with Gasteiger partial charge in [0.1, 0.15) is 13.2 Å². The van der Waals surface area contributed by atoms with Crippen LogP contribution in [0.15, 0.2) is 60.8 Å². The molecule has 68 heavy (non-hydrogen) atoms. The van der Waals surface area contributed by atoms with Gasteiger partial charge in [0.25, 0.3) is 0 Å². The van der Waals surface area contributed by atoms with Crippen molar-refractivity contribution >= 4 is 13.7 Å². The minimum absolute atomic E-state index is 0.0745. The molecule has 0 bridgehead atoms. The second-order valence-electron chi connectivity index (χ2n) is 20.6. The third-order valence-electron chi connectivity index (χ3n) is 12.8. The van der Waals surface area contributed by atoms with E-state index >= 15 is 0 Å².